The van der Waals surface area contributed by atoms with Crippen LogP contribution in [0.3, 0.4) is 0 Å². The number of carbonyl (C=O) groups excluding carboxylic acids is 1. The zero-order chi connectivity index (χ0) is 17.9. The van der Waals surface area contributed by atoms with Crippen molar-refractivity contribution in [2.24, 2.45) is 5.92 Å². The number of amides is 1. The monoisotopic (exact) mass is 353 g/mol. The summed E-state index contributed by atoms with van der Waals surface area (Å²) in [4.78, 5) is 27.5. The highest BCUT2D eigenvalue weighted by Crippen LogP contribution is 2.44. The van der Waals surface area contributed by atoms with Crippen LogP contribution in [0.2, 0.25) is 0 Å². The van der Waals surface area contributed by atoms with Gasteiger partial charge in [-0.15, -0.1) is 0 Å². The van der Waals surface area contributed by atoms with Crippen molar-refractivity contribution in [3.63, 3.8) is 0 Å². The van der Waals surface area contributed by atoms with Gasteiger partial charge < -0.3 is 15.0 Å². The van der Waals surface area contributed by atoms with Crippen LogP contribution in [-0.2, 0) is 4.79 Å². The number of nitrogens with zero attached hydrogens (tertiary/aromatic N) is 4. The summed E-state index contributed by atoms with van der Waals surface area (Å²) in [5.41, 5.74) is 1.10. The van der Waals surface area contributed by atoms with Gasteiger partial charge in [0.25, 0.3) is 0 Å². The van der Waals surface area contributed by atoms with E-state index in [1.165, 1.54) is 0 Å². The van der Waals surface area contributed by atoms with Crippen molar-refractivity contribution in [3.05, 3.63) is 42.5 Å². The van der Waals surface area contributed by atoms with Crippen LogP contribution in [0.15, 0.2) is 36.9 Å². The molecule has 0 bridgehead atoms. The van der Waals surface area contributed by atoms with Crippen LogP contribution in [0, 0.1) is 5.92 Å². The van der Waals surface area contributed by atoms with Gasteiger partial charge in [-0.1, -0.05) is 6.07 Å². The zero-order valence-corrected chi connectivity index (χ0v) is 14.8. The largest absolute Gasteiger partial charge is 0.477 e. The normalized spacial score (nSPS) is 22.5. The topological polar surface area (TPSA) is 80.2 Å². The lowest BCUT2D eigenvalue weighted by Crippen LogP contribution is -2.32. The fraction of sp³-hybridized carbons (Fsp3) is 0.474. The Morgan fingerprint density at radius 1 is 1.27 bits per heavy atom. The van der Waals surface area contributed by atoms with Crippen molar-refractivity contribution in [3.8, 4) is 5.88 Å². The minimum Gasteiger partial charge on any atom is -0.477 e. The van der Waals surface area contributed by atoms with Gasteiger partial charge in [-0.25, -0.2) is 0 Å². The van der Waals surface area contributed by atoms with E-state index >= 15 is 0 Å². The third kappa shape index (κ3) is 3.47. The minimum atomic E-state index is 0.0687. The maximum Gasteiger partial charge on any atom is 0.234 e. The molecule has 1 aliphatic carbocycles. The summed E-state index contributed by atoms with van der Waals surface area (Å²) in [6.07, 6.45) is 9.67. The van der Waals surface area contributed by atoms with E-state index in [1.54, 1.807) is 18.6 Å². The molecule has 7 nitrogen and oxygen atoms in total. The average Bonchev–Trinajstić information content (AvgIpc) is 3.44. The molecule has 3 heterocycles. The van der Waals surface area contributed by atoms with Crippen molar-refractivity contribution in [2.45, 2.75) is 38.3 Å². The summed E-state index contributed by atoms with van der Waals surface area (Å²) in [7, 11) is 0. The molecule has 0 unspecified atom stereocenters. The molecule has 2 aromatic heterocycles. The first-order valence-electron chi connectivity index (χ1n) is 9.16. The van der Waals surface area contributed by atoms with Crippen molar-refractivity contribution in [1.82, 2.24) is 19.9 Å². The van der Waals surface area contributed by atoms with E-state index in [0.29, 0.717) is 37.3 Å². The van der Waals surface area contributed by atoms with Gasteiger partial charge in [-0.2, -0.15) is 4.98 Å². The quantitative estimate of drug-likeness (QED) is 0.823. The number of likely N-dealkylation sites (tertiary alicyclic amines) is 1. The summed E-state index contributed by atoms with van der Waals surface area (Å²) in [5.74, 6) is 1.58. The Morgan fingerprint density at radius 2 is 2.15 bits per heavy atom. The molecule has 1 saturated carbocycles. The number of nitrogens with one attached hydrogen (secondary N) is 1. The molecule has 4 rings (SSSR count). The number of hydrogen-bond acceptors (Lipinski definition) is 6. The van der Waals surface area contributed by atoms with E-state index in [0.717, 1.165) is 18.4 Å². The Hall–Kier alpha value is -2.70. The first kappa shape index (κ1) is 16.8. The molecule has 2 atom stereocenters. The molecule has 2 aliphatic rings. The predicted molar refractivity (Wildman–Crippen MR) is 96.6 cm³/mol. The second kappa shape index (κ2) is 7.27. The number of pyridine rings is 1. The molecule has 2 fully saturated rings. The van der Waals surface area contributed by atoms with Gasteiger partial charge in [-0.3, -0.25) is 14.8 Å². The maximum atomic E-state index is 12.6. The molecule has 26 heavy (non-hydrogen) atoms. The van der Waals surface area contributed by atoms with Crippen LogP contribution >= 0.6 is 0 Å². The molecule has 7 heteroatoms. The lowest BCUT2D eigenvalue weighted by Gasteiger charge is -2.28. The van der Waals surface area contributed by atoms with E-state index < -0.39 is 0 Å². The standard InChI is InChI=1S/C19H23N5O2/c1-2-26-17-12-21-11-16(23-17)22-10-14-8-18(25)24(15-5-6-15)19(14)13-4-3-7-20-9-13/h3-4,7,9,11-12,14-15,19H,2,5-6,8,10H2,1H3,(H,22,23)/t14-,19-/m0/s1. The first-order chi connectivity index (χ1) is 12.8. The second-order valence-corrected chi connectivity index (χ2v) is 6.78. The third-order valence-electron chi connectivity index (χ3n) is 4.89. The molecule has 1 N–H and O–H groups in total. The zero-order valence-electron chi connectivity index (χ0n) is 14.8. The smallest absolute Gasteiger partial charge is 0.234 e. The van der Waals surface area contributed by atoms with E-state index in [9.17, 15) is 4.79 Å². The van der Waals surface area contributed by atoms with Gasteiger partial charge >= 0.3 is 0 Å². The number of aromatic nitrogens is 3. The molecule has 1 aliphatic heterocycles. The Kier molecular flexibility index (Phi) is 4.69. The molecule has 0 spiro atoms. The third-order valence-corrected chi connectivity index (χ3v) is 4.89. The van der Waals surface area contributed by atoms with Gasteiger partial charge in [0.1, 0.15) is 5.82 Å². The summed E-state index contributed by atoms with van der Waals surface area (Å²) in [6.45, 7) is 3.12. The SMILES string of the molecule is CCOc1cncc(NC[C@@H]2CC(=O)N(C3CC3)[C@H]2c2cccnc2)n1. The fourth-order valence-corrected chi connectivity index (χ4v) is 3.66. The lowest BCUT2D eigenvalue weighted by atomic mass is 9.94. The maximum absolute atomic E-state index is 12.6. The molecule has 0 aromatic carbocycles. The number of anilines is 1. The van der Waals surface area contributed by atoms with Crippen LogP contribution in [0.5, 0.6) is 5.88 Å². The summed E-state index contributed by atoms with van der Waals surface area (Å²) >= 11 is 0. The van der Waals surface area contributed by atoms with E-state index in [2.05, 4.69) is 31.2 Å². The summed E-state index contributed by atoms with van der Waals surface area (Å²) in [5, 5.41) is 3.33. The van der Waals surface area contributed by atoms with Crippen molar-refractivity contribution in [2.75, 3.05) is 18.5 Å². The summed E-state index contributed by atoms with van der Waals surface area (Å²) in [6, 6.07) is 4.46. The van der Waals surface area contributed by atoms with E-state index in [4.69, 9.17) is 4.74 Å². The molecule has 136 valence electrons. The number of hydrogen-bond donors (Lipinski definition) is 1. The highest BCUT2D eigenvalue weighted by molar-refractivity contribution is 5.80. The molecular weight excluding hydrogens is 330 g/mol. The van der Waals surface area contributed by atoms with Gasteiger partial charge in [-0.05, 0) is 31.4 Å². The predicted octanol–water partition coefficient (Wildman–Crippen LogP) is 2.43. The minimum absolute atomic E-state index is 0.0687. The van der Waals surface area contributed by atoms with Gasteiger partial charge in [0.05, 0.1) is 25.0 Å². The van der Waals surface area contributed by atoms with Crippen molar-refractivity contribution >= 4 is 11.7 Å². The van der Waals surface area contributed by atoms with Gasteiger partial charge in [0, 0.05) is 37.3 Å². The highest BCUT2D eigenvalue weighted by atomic mass is 16.5. The first-order valence-corrected chi connectivity index (χ1v) is 9.16. The van der Waals surface area contributed by atoms with Crippen LogP contribution in [0.1, 0.15) is 37.8 Å². The summed E-state index contributed by atoms with van der Waals surface area (Å²) < 4.78 is 5.40. The molecule has 0 radical (unpaired) electrons. The van der Waals surface area contributed by atoms with Crippen LogP contribution in [0.25, 0.3) is 0 Å². The van der Waals surface area contributed by atoms with Crippen molar-refractivity contribution < 1.29 is 9.53 Å². The molecule has 1 amide bonds. The van der Waals surface area contributed by atoms with Crippen LogP contribution in [0.4, 0.5) is 5.82 Å². The lowest BCUT2D eigenvalue weighted by molar-refractivity contribution is -0.129. The number of ether oxygens (including phenoxy) is 1. The average molecular weight is 353 g/mol. The van der Waals surface area contributed by atoms with Crippen LogP contribution < -0.4 is 10.1 Å². The Bertz CT molecular complexity index is 766. The van der Waals surface area contributed by atoms with Crippen LogP contribution in [-0.4, -0.2) is 45.0 Å². The Morgan fingerprint density at radius 3 is 2.88 bits per heavy atom. The second-order valence-electron chi connectivity index (χ2n) is 6.78. The van der Waals surface area contributed by atoms with Gasteiger partial charge in [0.15, 0.2) is 0 Å². The van der Waals surface area contributed by atoms with E-state index in [1.807, 2.05) is 19.2 Å². The fourth-order valence-electron chi connectivity index (χ4n) is 3.66. The number of rotatable bonds is 7. The molecule has 1 saturated heterocycles. The Labute approximate surface area is 152 Å². The molecule has 2 aromatic rings. The molecular formula is C19H23N5O2. The van der Waals surface area contributed by atoms with E-state index in [-0.39, 0.29) is 17.9 Å². The highest BCUT2D eigenvalue weighted by Gasteiger charge is 2.47. The van der Waals surface area contributed by atoms with Gasteiger partial charge in [0.2, 0.25) is 11.8 Å². The van der Waals surface area contributed by atoms with Crippen molar-refractivity contribution in [1.29, 1.82) is 0 Å². The number of carbonyl (C=O) groups is 1. The Balaban J connectivity index is 1.51.